The molecule has 0 saturated carbocycles. The van der Waals surface area contributed by atoms with Crippen LogP contribution < -0.4 is 10.2 Å². The lowest BCUT2D eigenvalue weighted by Crippen LogP contribution is -2.37. The molecule has 168 valence electrons. The highest BCUT2D eigenvalue weighted by Crippen LogP contribution is 2.27. The van der Waals surface area contributed by atoms with E-state index in [9.17, 15) is 8.78 Å². The summed E-state index contributed by atoms with van der Waals surface area (Å²) in [6, 6.07) is 16.5. The number of hydrogen-bond donors (Lipinski definition) is 1. The fraction of sp³-hybridized carbons (Fsp3) is 0.240. The minimum absolute atomic E-state index is 0.251. The Bertz CT molecular complexity index is 1240. The van der Waals surface area contributed by atoms with E-state index in [0.717, 1.165) is 41.2 Å². The molecule has 1 fully saturated rings. The first-order valence-corrected chi connectivity index (χ1v) is 10.9. The van der Waals surface area contributed by atoms with E-state index in [-0.39, 0.29) is 11.6 Å². The summed E-state index contributed by atoms with van der Waals surface area (Å²) in [5, 5.41) is 3.33. The summed E-state index contributed by atoms with van der Waals surface area (Å²) in [5.74, 6) is 0.891. The van der Waals surface area contributed by atoms with Crippen LogP contribution in [0.25, 0.3) is 22.3 Å². The van der Waals surface area contributed by atoms with Gasteiger partial charge in [0.2, 0.25) is 0 Å². The molecule has 0 atom stereocenters. The highest BCUT2D eigenvalue weighted by molar-refractivity contribution is 5.87. The third-order valence-corrected chi connectivity index (χ3v) is 5.55. The fourth-order valence-corrected chi connectivity index (χ4v) is 3.82. The van der Waals surface area contributed by atoms with Crippen LogP contribution >= 0.6 is 0 Å². The Morgan fingerprint density at radius 1 is 0.788 bits per heavy atom. The van der Waals surface area contributed by atoms with E-state index in [1.165, 1.54) is 24.3 Å². The van der Waals surface area contributed by atoms with E-state index in [4.69, 9.17) is 19.7 Å². The second-order valence-corrected chi connectivity index (χ2v) is 7.86. The highest BCUT2D eigenvalue weighted by atomic mass is 19.1. The maximum atomic E-state index is 13.4. The van der Waals surface area contributed by atoms with E-state index in [0.29, 0.717) is 37.6 Å². The van der Waals surface area contributed by atoms with E-state index in [1.807, 2.05) is 12.1 Å². The average Bonchev–Trinajstić information content (AvgIpc) is 2.85. The molecule has 1 aliphatic heterocycles. The summed E-state index contributed by atoms with van der Waals surface area (Å²) < 4.78 is 32.0. The Hall–Kier alpha value is -3.49. The van der Waals surface area contributed by atoms with E-state index < -0.39 is 0 Å². The monoisotopic (exact) mass is 447 g/mol. The number of morpholine rings is 1. The van der Waals surface area contributed by atoms with Crippen molar-refractivity contribution in [3.8, 4) is 11.3 Å². The van der Waals surface area contributed by atoms with Crippen molar-refractivity contribution < 1.29 is 13.5 Å². The molecule has 2 aromatic heterocycles. The molecule has 1 saturated heterocycles. The van der Waals surface area contributed by atoms with Crippen LogP contribution in [-0.2, 0) is 17.8 Å². The molecule has 2 aromatic carbocycles. The van der Waals surface area contributed by atoms with Crippen molar-refractivity contribution in [2.45, 2.75) is 13.1 Å². The first kappa shape index (κ1) is 21.4. The number of benzene rings is 2. The number of ether oxygens (including phenoxy) is 1. The normalized spacial score (nSPS) is 14.1. The van der Waals surface area contributed by atoms with Crippen LogP contribution in [0.3, 0.4) is 0 Å². The molecular formula is C25H23F2N5O. The molecule has 5 rings (SSSR count). The van der Waals surface area contributed by atoms with E-state index in [1.54, 1.807) is 24.3 Å². The van der Waals surface area contributed by atoms with Gasteiger partial charge in [-0.3, -0.25) is 0 Å². The largest absolute Gasteiger partial charge is 0.378 e. The molecule has 6 nitrogen and oxygen atoms in total. The minimum atomic E-state index is -0.283. The van der Waals surface area contributed by atoms with Crippen LogP contribution in [0.4, 0.5) is 14.6 Å². The lowest BCUT2D eigenvalue weighted by atomic mass is 10.1. The van der Waals surface area contributed by atoms with Crippen LogP contribution in [0.2, 0.25) is 0 Å². The van der Waals surface area contributed by atoms with Crippen molar-refractivity contribution in [3.05, 3.63) is 83.7 Å². The van der Waals surface area contributed by atoms with Crippen LogP contribution in [0.15, 0.2) is 60.7 Å². The van der Waals surface area contributed by atoms with Crippen molar-refractivity contribution in [2.75, 3.05) is 31.2 Å². The van der Waals surface area contributed by atoms with Crippen LogP contribution in [0.5, 0.6) is 0 Å². The Kier molecular flexibility index (Phi) is 6.19. The number of fused-ring (bicyclic) bond motifs is 1. The molecule has 33 heavy (non-hydrogen) atoms. The number of aromatic nitrogens is 3. The third kappa shape index (κ3) is 4.97. The van der Waals surface area contributed by atoms with Gasteiger partial charge >= 0.3 is 0 Å². The molecule has 1 aliphatic rings. The third-order valence-electron chi connectivity index (χ3n) is 5.55. The molecule has 3 heterocycles. The summed E-state index contributed by atoms with van der Waals surface area (Å²) in [4.78, 5) is 16.6. The van der Waals surface area contributed by atoms with Crippen molar-refractivity contribution in [3.63, 3.8) is 0 Å². The Morgan fingerprint density at radius 2 is 1.48 bits per heavy atom. The smallest absolute Gasteiger partial charge is 0.159 e. The molecule has 0 unspecified atom stereocenters. The van der Waals surface area contributed by atoms with Gasteiger partial charge in [0.05, 0.1) is 31.0 Å². The van der Waals surface area contributed by atoms with Crippen LogP contribution in [-0.4, -0.2) is 41.3 Å². The average molecular weight is 447 g/mol. The molecule has 0 amide bonds. The SMILES string of the molecule is Fc1ccc(CNCc2nc(N3CCOCC3)c3nc(-c4ccc(F)cc4)ccc3n2)cc1. The zero-order valence-electron chi connectivity index (χ0n) is 18.0. The summed E-state index contributed by atoms with van der Waals surface area (Å²) in [7, 11) is 0. The van der Waals surface area contributed by atoms with Crippen molar-refractivity contribution >= 4 is 16.9 Å². The number of halogens is 2. The van der Waals surface area contributed by atoms with E-state index in [2.05, 4.69) is 10.2 Å². The predicted molar refractivity (Wildman–Crippen MR) is 123 cm³/mol. The lowest BCUT2D eigenvalue weighted by Gasteiger charge is -2.28. The Labute approximate surface area is 190 Å². The second-order valence-electron chi connectivity index (χ2n) is 7.86. The van der Waals surface area contributed by atoms with E-state index >= 15 is 0 Å². The molecule has 8 heteroatoms. The summed E-state index contributed by atoms with van der Waals surface area (Å²) >= 11 is 0. The van der Waals surface area contributed by atoms with Gasteiger partial charge in [0, 0.05) is 25.2 Å². The summed E-state index contributed by atoms with van der Waals surface area (Å²) in [6.45, 7) is 3.73. The van der Waals surface area contributed by atoms with Gasteiger partial charge in [-0.2, -0.15) is 0 Å². The maximum Gasteiger partial charge on any atom is 0.159 e. The van der Waals surface area contributed by atoms with Crippen LogP contribution in [0.1, 0.15) is 11.4 Å². The maximum absolute atomic E-state index is 13.4. The number of anilines is 1. The lowest BCUT2D eigenvalue weighted by molar-refractivity contribution is 0.122. The van der Waals surface area contributed by atoms with Gasteiger partial charge in [-0.05, 0) is 54.1 Å². The number of hydrogen-bond acceptors (Lipinski definition) is 6. The van der Waals surface area contributed by atoms with Crippen molar-refractivity contribution in [1.29, 1.82) is 0 Å². The Morgan fingerprint density at radius 3 is 2.21 bits per heavy atom. The zero-order chi connectivity index (χ0) is 22.6. The number of nitrogens with zero attached hydrogens (tertiary/aromatic N) is 4. The summed E-state index contributed by atoms with van der Waals surface area (Å²) in [6.07, 6.45) is 0. The zero-order valence-corrected chi connectivity index (χ0v) is 18.0. The van der Waals surface area contributed by atoms with Gasteiger partial charge in [-0.15, -0.1) is 0 Å². The molecule has 4 aromatic rings. The first-order chi connectivity index (χ1) is 16.2. The van der Waals surface area contributed by atoms with Gasteiger partial charge in [0.25, 0.3) is 0 Å². The van der Waals surface area contributed by atoms with Gasteiger partial charge in [-0.1, -0.05) is 12.1 Å². The number of rotatable bonds is 6. The molecule has 0 spiro atoms. The topological polar surface area (TPSA) is 63.2 Å². The van der Waals surface area contributed by atoms with Gasteiger partial charge in [-0.25, -0.2) is 23.7 Å². The quantitative estimate of drug-likeness (QED) is 0.480. The van der Waals surface area contributed by atoms with Crippen molar-refractivity contribution in [1.82, 2.24) is 20.3 Å². The van der Waals surface area contributed by atoms with Gasteiger partial charge in [0.15, 0.2) is 5.82 Å². The Balaban J connectivity index is 1.45. The fourth-order valence-electron chi connectivity index (χ4n) is 3.82. The van der Waals surface area contributed by atoms with Crippen molar-refractivity contribution in [2.24, 2.45) is 0 Å². The standard InChI is InChI=1S/C25H23F2N5O/c26-19-5-1-17(2-6-19)15-28-16-23-29-22-10-9-21(18-3-7-20(27)8-4-18)30-24(22)25(31-23)32-11-13-33-14-12-32/h1-10,28H,11-16H2. The number of pyridine rings is 1. The summed E-state index contributed by atoms with van der Waals surface area (Å²) in [5.41, 5.74) is 4.01. The predicted octanol–water partition coefficient (Wildman–Crippen LogP) is 4.10. The number of nitrogens with one attached hydrogen (secondary N) is 1. The first-order valence-electron chi connectivity index (χ1n) is 10.9. The molecule has 0 radical (unpaired) electrons. The second kappa shape index (κ2) is 9.56. The molecule has 1 N–H and O–H groups in total. The van der Waals surface area contributed by atoms with Gasteiger partial charge in [0.1, 0.15) is 23.0 Å². The molecule has 0 bridgehead atoms. The molecule has 0 aliphatic carbocycles. The van der Waals surface area contributed by atoms with Crippen LogP contribution in [0, 0.1) is 11.6 Å². The highest BCUT2D eigenvalue weighted by Gasteiger charge is 2.19. The minimum Gasteiger partial charge on any atom is -0.378 e. The molecular weight excluding hydrogens is 424 g/mol. The van der Waals surface area contributed by atoms with Gasteiger partial charge < -0.3 is 15.0 Å².